The van der Waals surface area contributed by atoms with Crippen LogP contribution in [0.15, 0.2) is 40.0 Å². The van der Waals surface area contributed by atoms with E-state index in [-0.39, 0.29) is 32.1 Å². The monoisotopic (exact) mass is 463 g/mol. The van der Waals surface area contributed by atoms with Crippen molar-refractivity contribution >= 4 is 49.0 Å². The Kier molecular flexibility index (Phi) is 6.15. The summed E-state index contributed by atoms with van der Waals surface area (Å²) in [4.78, 5) is 11.6. The minimum atomic E-state index is -0.655. The molecule has 3 N–H and O–H groups in total. The van der Waals surface area contributed by atoms with Crippen LogP contribution in [-0.4, -0.2) is 34.3 Å². The number of carbonyl (C=O) groups excluding carboxylic acids is 1. The van der Waals surface area contributed by atoms with E-state index in [0.29, 0.717) is 12.5 Å². The molecular formula is C20H25BIN2O2. The molecule has 2 aliphatic rings. The Morgan fingerprint density at radius 1 is 1.38 bits per heavy atom. The molecule has 4 nitrogen and oxygen atoms in total. The predicted molar refractivity (Wildman–Crippen MR) is 119 cm³/mol. The van der Waals surface area contributed by atoms with E-state index in [1.165, 1.54) is 5.57 Å². The van der Waals surface area contributed by atoms with E-state index in [4.69, 9.17) is 0 Å². The Morgan fingerprint density at radius 3 is 2.92 bits per heavy atom. The number of aliphatic hydroxyl groups excluding tert-OH is 1. The van der Waals surface area contributed by atoms with Gasteiger partial charge in [-0.05, 0) is 56.9 Å². The zero-order chi connectivity index (χ0) is 18.7. The molecule has 137 valence electrons. The lowest BCUT2D eigenvalue weighted by Crippen LogP contribution is -2.43. The maximum absolute atomic E-state index is 11.6. The van der Waals surface area contributed by atoms with E-state index in [9.17, 15) is 9.90 Å². The van der Waals surface area contributed by atoms with E-state index < -0.39 is 6.10 Å². The fourth-order valence-electron chi connectivity index (χ4n) is 3.49. The zero-order valence-electron chi connectivity index (χ0n) is 15.4. The number of benzene rings is 1. The molecule has 1 aromatic carbocycles. The Bertz CT molecular complexity index is 786. The summed E-state index contributed by atoms with van der Waals surface area (Å²) in [7, 11) is 1.56. The van der Waals surface area contributed by atoms with Crippen LogP contribution in [0.4, 0.5) is 10.5 Å². The summed E-state index contributed by atoms with van der Waals surface area (Å²) in [5.74, 6) is 0.353. The molecule has 1 amide bonds. The van der Waals surface area contributed by atoms with Gasteiger partial charge in [0.05, 0.1) is 6.10 Å². The van der Waals surface area contributed by atoms with Crippen LogP contribution in [-0.2, 0) is 0 Å². The number of nitrogens with one attached hydrogen (secondary N) is 2. The second kappa shape index (κ2) is 8.19. The Balaban J connectivity index is 1.60. The number of hydrogen-bond acceptors (Lipinski definition) is 3. The van der Waals surface area contributed by atoms with Gasteiger partial charge in [-0.1, -0.05) is 51.9 Å². The van der Waals surface area contributed by atoms with Crippen molar-refractivity contribution in [3.63, 3.8) is 0 Å². The van der Waals surface area contributed by atoms with Crippen LogP contribution in [0.25, 0.3) is 0 Å². The van der Waals surface area contributed by atoms with Gasteiger partial charge in [-0.15, -0.1) is 0 Å². The van der Waals surface area contributed by atoms with Crippen LogP contribution in [0.2, 0.25) is 0 Å². The van der Waals surface area contributed by atoms with Crippen molar-refractivity contribution in [2.45, 2.75) is 38.8 Å². The van der Waals surface area contributed by atoms with Crippen molar-refractivity contribution in [2.75, 3.05) is 11.9 Å². The number of fused-ring (bicyclic) bond motifs is 1. The zero-order valence-corrected chi connectivity index (χ0v) is 17.6. The average molecular weight is 463 g/mol. The largest absolute Gasteiger partial charge is 0.387 e. The molecule has 1 radical (unpaired) electrons. The van der Waals surface area contributed by atoms with Crippen LogP contribution < -0.4 is 16.1 Å². The molecule has 0 saturated heterocycles. The summed E-state index contributed by atoms with van der Waals surface area (Å²) < 4.78 is 4.66. The second-order valence-corrected chi connectivity index (χ2v) is 9.61. The summed E-state index contributed by atoms with van der Waals surface area (Å²) in [6, 6.07) is 5.61. The van der Waals surface area contributed by atoms with Gasteiger partial charge in [0.2, 0.25) is 0 Å². The van der Waals surface area contributed by atoms with Gasteiger partial charge < -0.3 is 15.7 Å². The fraction of sp³-hybridized carbons (Fsp3) is 0.400. The fourth-order valence-corrected chi connectivity index (χ4v) is 5.38. The Hall–Kier alpha value is -1.25. The third-order valence-electron chi connectivity index (χ3n) is 4.81. The lowest BCUT2D eigenvalue weighted by molar-refractivity contribution is 0.158. The number of carbonyl (C=O) groups is 1. The molecule has 0 aliphatic carbocycles. The highest BCUT2D eigenvalue weighted by Gasteiger charge is 2.27. The van der Waals surface area contributed by atoms with Crippen molar-refractivity contribution < 1.29 is 9.90 Å². The van der Waals surface area contributed by atoms with Crippen LogP contribution in [0, 0.1) is 5.92 Å². The topological polar surface area (TPSA) is 61.4 Å². The van der Waals surface area contributed by atoms with Crippen molar-refractivity contribution in [1.82, 2.24) is 5.32 Å². The van der Waals surface area contributed by atoms with Gasteiger partial charge in [-0.2, -0.15) is 0 Å². The molecule has 0 aromatic heterocycles. The third-order valence-corrected chi connectivity index (χ3v) is 6.72. The van der Waals surface area contributed by atoms with Crippen molar-refractivity contribution in [2.24, 2.45) is 5.92 Å². The molecule has 2 aliphatic heterocycles. The minimum absolute atomic E-state index is 0.0703. The number of aliphatic hydroxyl groups is 1. The number of rotatable bonds is 7. The Labute approximate surface area is 166 Å². The summed E-state index contributed by atoms with van der Waals surface area (Å²) in [5, 5.41) is 17.0. The highest BCUT2D eigenvalue weighted by Crippen LogP contribution is 2.26. The van der Waals surface area contributed by atoms with Gasteiger partial charge in [0.25, 0.3) is 7.28 Å². The first-order valence-corrected chi connectivity index (χ1v) is 11.4. The third kappa shape index (κ3) is 4.72. The summed E-state index contributed by atoms with van der Waals surface area (Å²) in [6.45, 7) is 7.07. The Morgan fingerprint density at radius 2 is 2.19 bits per heavy atom. The van der Waals surface area contributed by atoms with Crippen LogP contribution in [0.1, 0.15) is 38.9 Å². The molecule has 2 heterocycles. The van der Waals surface area contributed by atoms with Crippen LogP contribution in [0.3, 0.4) is 0 Å². The lowest BCUT2D eigenvalue weighted by atomic mass is 9.69. The molecule has 0 saturated carbocycles. The van der Waals surface area contributed by atoms with Crippen LogP contribution in [0.5, 0.6) is 0 Å². The molecule has 1 unspecified atom stereocenters. The van der Waals surface area contributed by atoms with Gasteiger partial charge in [-0.3, -0.25) is 4.79 Å². The SMILES string of the molecule is CC(CC(C)(C)NC[C@H](O)c1cccc2c1[B]C(=O)N2)C1=CC=CI=C1. The number of β-amino-alcohol motifs (C(OH)–C–C–N with tert-alkyl or cyclic N) is 1. The number of halogens is 1. The van der Waals surface area contributed by atoms with Gasteiger partial charge in [0, 0.05) is 17.8 Å². The number of anilines is 1. The van der Waals surface area contributed by atoms with Crippen molar-refractivity contribution in [3.05, 3.63) is 45.6 Å². The first kappa shape index (κ1) is 19.5. The number of amides is 1. The number of hydrogen-bond donors (Lipinski definition) is 3. The standard InChI is InChI=1S/C20H25BIN2O2/c1-13(14-6-5-9-22-11-14)10-20(2,3)23-12-17(25)15-7-4-8-16-18(15)21-19(26)24-16/h4-9,11,13,17,23,25H,10,12H2,1-3H3,(H,24,26)/t13?,17-/m0/s1. The second-order valence-electron chi connectivity index (χ2n) is 7.55. The van der Waals surface area contributed by atoms with Crippen molar-refractivity contribution in [1.29, 1.82) is 0 Å². The van der Waals surface area contributed by atoms with Gasteiger partial charge >= 0.3 is 0 Å². The van der Waals surface area contributed by atoms with Gasteiger partial charge in [-0.25, -0.2) is 0 Å². The molecule has 0 bridgehead atoms. The molecule has 26 heavy (non-hydrogen) atoms. The quantitative estimate of drug-likeness (QED) is 0.430. The summed E-state index contributed by atoms with van der Waals surface area (Å²) in [5.41, 5.74) is 3.70. The molecule has 2 atom stereocenters. The number of allylic oxidation sites excluding steroid dienone is 3. The first-order valence-electron chi connectivity index (χ1n) is 8.89. The maximum Gasteiger partial charge on any atom is 0.274 e. The average Bonchev–Trinajstić information content (AvgIpc) is 3.00. The highest BCUT2D eigenvalue weighted by atomic mass is 127. The van der Waals surface area contributed by atoms with Gasteiger partial charge in [0.1, 0.15) is 0 Å². The molecule has 3 rings (SSSR count). The molecule has 0 spiro atoms. The minimum Gasteiger partial charge on any atom is -0.387 e. The molecular weight excluding hydrogens is 438 g/mol. The van der Waals surface area contributed by atoms with Crippen LogP contribution >= 0.6 is 20.7 Å². The normalized spacial score (nSPS) is 18.3. The first-order chi connectivity index (χ1) is 12.4. The van der Waals surface area contributed by atoms with E-state index in [1.807, 2.05) is 18.2 Å². The highest BCUT2D eigenvalue weighted by molar-refractivity contribution is 14.2. The summed E-state index contributed by atoms with van der Waals surface area (Å²) in [6.07, 6.45) is 4.73. The maximum atomic E-state index is 11.6. The predicted octanol–water partition coefficient (Wildman–Crippen LogP) is 3.22. The molecule has 6 heteroatoms. The summed E-state index contributed by atoms with van der Waals surface area (Å²) >= 11 is 0.0703. The molecule has 0 fully saturated rings. The van der Waals surface area contributed by atoms with Gasteiger partial charge in [0.15, 0.2) is 5.81 Å². The molecule has 1 aromatic rings. The van der Waals surface area contributed by atoms with E-state index in [0.717, 1.165) is 23.1 Å². The van der Waals surface area contributed by atoms with Crippen molar-refractivity contribution in [3.8, 4) is 0 Å². The van der Waals surface area contributed by atoms with E-state index in [2.05, 4.69) is 51.7 Å². The smallest absolute Gasteiger partial charge is 0.274 e. The van der Waals surface area contributed by atoms with E-state index in [1.54, 1.807) is 7.28 Å². The van der Waals surface area contributed by atoms with E-state index >= 15 is 0 Å². The lowest BCUT2D eigenvalue weighted by Gasteiger charge is -2.31.